The quantitative estimate of drug-likeness (QED) is 0.181. The molecule has 1 atom stereocenters. The van der Waals surface area contributed by atoms with Crippen molar-refractivity contribution in [3.8, 4) is 5.75 Å². The van der Waals surface area contributed by atoms with Crippen molar-refractivity contribution in [1.29, 1.82) is 0 Å². The van der Waals surface area contributed by atoms with Crippen LogP contribution in [0.2, 0.25) is 10.0 Å². The summed E-state index contributed by atoms with van der Waals surface area (Å²) in [5, 5.41) is 3.30. The van der Waals surface area contributed by atoms with Gasteiger partial charge in [0.25, 0.3) is 10.0 Å². The summed E-state index contributed by atoms with van der Waals surface area (Å²) >= 11 is 12.5. The highest BCUT2D eigenvalue weighted by Crippen LogP contribution is 2.33. The van der Waals surface area contributed by atoms with E-state index >= 15 is 0 Å². The van der Waals surface area contributed by atoms with Crippen LogP contribution < -0.4 is 14.4 Å². The molecule has 0 radical (unpaired) electrons. The zero-order chi connectivity index (χ0) is 32.6. The molecule has 4 rings (SSSR count). The first-order valence-electron chi connectivity index (χ1n) is 14.3. The molecular formula is C34H35Cl2N3O5S. The second-order valence-corrected chi connectivity index (χ2v) is 13.0. The summed E-state index contributed by atoms with van der Waals surface area (Å²) in [7, 11) is -2.77. The zero-order valence-corrected chi connectivity index (χ0v) is 27.6. The molecule has 0 aromatic heterocycles. The molecule has 0 fully saturated rings. The third-order valence-corrected chi connectivity index (χ3v) is 9.69. The van der Waals surface area contributed by atoms with Crippen LogP contribution in [0.4, 0.5) is 5.69 Å². The first-order chi connectivity index (χ1) is 21.5. The van der Waals surface area contributed by atoms with Gasteiger partial charge in [-0.15, -0.1) is 0 Å². The Bertz CT molecular complexity index is 1730. The molecule has 8 nitrogen and oxygen atoms in total. The average molecular weight is 669 g/mol. The summed E-state index contributed by atoms with van der Waals surface area (Å²) in [6.07, 6.45) is 0.188. The van der Waals surface area contributed by atoms with Crippen molar-refractivity contribution < 1.29 is 22.7 Å². The summed E-state index contributed by atoms with van der Waals surface area (Å²) in [6, 6.07) is 26.3. The minimum Gasteiger partial charge on any atom is -0.492 e. The van der Waals surface area contributed by atoms with Crippen LogP contribution in [-0.4, -0.2) is 51.4 Å². The van der Waals surface area contributed by atoms with Crippen LogP contribution in [-0.2, 0) is 32.6 Å². The van der Waals surface area contributed by atoms with Crippen LogP contribution >= 0.6 is 23.2 Å². The summed E-state index contributed by atoms with van der Waals surface area (Å²) in [4.78, 5) is 29.3. The lowest BCUT2D eigenvalue weighted by atomic mass is 10.0. The summed E-state index contributed by atoms with van der Waals surface area (Å²) < 4.78 is 35.3. The zero-order valence-electron chi connectivity index (χ0n) is 25.2. The number of sulfonamides is 1. The van der Waals surface area contributed by atoms with Gasteiger partial charge in [-0.2, -0.15) is 0 Å². The van der Waals surface area contributed by atoms with Crippen molar-refractivity contribution >= 4 is 50.7 Å². The van der Waals surface area contributed by atoms with E-state index in [1.165, 1.54) is 24.1 Å². The van der Waals surface area contributed by atoms with E-state index in [9.17, 15) is 18.0 Å². The number of ether oxygens (including phenoxy) is 1. The van der Waals surface area contributed by atoms with Crippen molar-refractivity contribution in [2.24, 2.45) is 0 Å². The van der Waals surface area contributed by atoms with Gasteiger partial charge < -0.3 is 15.0 Å². The number of carbonyl (C=O) groups is 2. The topological polar surface area (TPSA) is 96.0 Å². The Morgan fingerprint density at radius 1 is 0.867 bits per heavy atom. The molecule has 0 spiro atoms. The fourth-order valence-electron chi connectivity index (χ4n) is 4.85. The van der Waals surface area contributed by atoms with Crippen molar-refractivity contribution in [3.63, 3.8) is 0 Å². The van der Waals surface area contributed by atoms with Crippen molar-refractivity contribution in [3.05, 3.63) is 124 Å². The van der Waals surface area contributed by atoms with E-state index in [0.29, 0.717) is 16.3 Å². The Morgan fingerprint density at radius 3 is 2.18 bits per heavy atom. The van der Waals surface area contributed by atoms with Gasteiger partial charge in [-0.05, 0) is 61.4 Å². The third kappa shape index (κ3) is 8.36. The van der Waals surface area contributed by atoms with E-state index in [2.05, 4.69) is 5.32 Å². The van der Waals surface area contributed by atoms with E-state index in [-0.39, 0.29) is 35.2 Å². The van der Waals surface area contributed by atoms with Gasteiger partial charge >= 0.3 is 0 Å². The maximum Gasteiger partial charge on any atom is 0.264 e. The maximum atomic E-state index is 14.5. The SMILES string of the molecule is CCOc1ccccc1N(CC(=O)N(Cc1ccc(Cl)c(Cl)c1)C(Cc1ccccc1)C(=O)NC)S(=O)(=O)c1ccc(C)cc1. The predicted octanol–water partition coefficient (Wildman–Crippen LogP) is 6.28. The number of nitrogens with zero attached hydrogens (tertiary/aromatic N) is 2. The van der Waals surface area contributed by atoms with Gasteiger partial charge in [0.1, 0.15) is 18.3 Å². The molecule has 0 saturated heterocycles. The van der Waals surface area contributed by atoms with Gasteiger partial charge in [-0.25, -0.2) is 8.42 Å². The molecule has 0 aliphatic carbocycles. The number of halogens is 2. The summed E-state index contributed by atoms with van der Waals surface area (Å²) in [6.45, 7) is 3.28. The monoisotopic (exact) mass is 667 g/mol. The van der Waals surface area contributed by atoms with E-state index in [4.69, 9.17) is 27.9 Å². The standard InChI is InChI=1S/C34H35Cl2N3O5S/c1-4-44-32-13-9-8-12-30(32)39(45(42,43)27-17-14-24(2)15-18-27)23-33(40)38(22-26-16-19-28(35)29(36)20-26)31(34(41)37-3)21-25-10-6-5-7-11-25/h5-20,31H,4,21-23H2,1-3H3,(H,37,41). The molecule has 11 heteroatoms. The molecule has 236 valence electrons. The molecular weight excluding hydrogens is 633 g/mol. The molecule has 0 heterocycles. The Kier molecular flexibility index (Phi) is 11.5. The second kappa shape index (κ2) is 15.3. The largest absolute Gasteiger partial charge is 0.492 e. The lowest BCUT2D eigenvalue weighted by molar-refractivity contribution is -0.139. The molecule has 45 heavy (non-hydrogen) atoms. The van der Waals surface area contributed by atoms with E-state index in [0.717, 1.165) is 15.4 Å². The lowest BCUT2D eigenvalue weighted by Gasteiger charge is -2.34. The fraction of sp³-hybridized carbons (Fsp3) is 0.235. The van der Waals surface area contributed by atoms with E-state index in [1.807, 2.05) is 37.3 Å². The molecule has 1 N–H and O–H groups in total. The number of hydrogen-bond donors (Lipinski definition) is 1. The smallest absolute Gasteiger partial charge is 0.264 e. The van der Waals surface area contributed by atoms with Crippen LogP contribution in [0.3, 0.4) is 0 Å². The van der Waals surface area contributed by atoms with Crippen molar-refractivity contribution in [1.82, 2.24) is 10.2 Å². The van der Waals surface area contributed by atoms with Crippen LogP contribution in [0.1, 0.15) is 23.6 Å². The Labute approximate surface area is 274 Å². The number of para-hydroxylation sites is 2. The van der Waals surface area contributed by atoms with Gasteiger partial charge in [-0.1, -0.05) is 89.4 Å². The molecule has 0 aliphatic rings. The van der Waals surface area contributed by atoms with E-state index in [1.54, 1.807) is 61.5 Å². The molecule has 4 aromatic rings. The van der Waals surface area contributed by atoms with Gasteiger partial charge in [0.2, 0.25) is 11.8 Å². The minimum absolute atomic E-state index is 0.00960. The van der Waals surface area contributed by atoms with Gasteiger partial charge in [0, 0.05) is 20.0 Å². The van der Waals surface area contributed by atoms with Gasteiger partial charge in [0.15, 0.2) is 0 Å². The normalized spacial score (nSPS) is 11.8. The number of benzene rings is 4. The molecule has 0 saturated carbocycles. The number of anilines is 1. The number of rotatable bonds is 13. The highest BCUT2D eigenvalue weighted by Gasteiger charge is 2.35. The number of hydrogen-bond acceptors (Lipinski definition) is 5. The minimum atomic E-state index is -4.27. The van der Waals surface area contributed by atoms with Crippen molar-refractivity contribution in [2.75, 3.05) is 24.5 Å². The molecule has 0 aliphatic heterocycles. The number of amides is 2. The van der Waals surface area contributed by atoms with Crippen LogP contribution in [0.25, 0.3) is 0 Å². The number of likely N-dealkylation sites (N-methyl/N-ethyl adjacent to an activating group) is 1. The van der Waals surface area contributed by atoms with Crippen molar-refractivity contribution in [2.45, 2.75) is 37.8 Å². The van der Waals surface area contributed by atoms with Crippen LogP contribution in [0.5, 0.6) is 5.75 Å². The molecule has 2 amide bonds. The third-order valence-electron chi connectivity index (χ3n) is 7.18. The van der Waals surface area contributed by atoms with Crippen LogP contribution in [0.15, 0.2) is 102 Å². The van der Waals surface area contributed by atoms with E-state index < -0.39 is 34.4 Å². The first kappa shape index (κ1) is 33.8. The lowest BCUT2D eigenvalue weighted by Crippen LogP contribution is -2.53. The highest BCUT2D eigenvalue weighted by atomic mass is 35.5. The Hall–Kier alpha value is -4.05. The maximum absolute atomic E-state index is 14.5. The van der Waals surface area contributed by atoms with Crippen LogP contribution in [0, 0.1) is 6.92 Å². The predicted molar refractivity (Wildman–Crippen MR) is 178 cm³/mol. The average Bonchev–Trinajstić information content (AvgIpc) is 3.04. The Morgan fingerprint density at radius 2 is 1.53 bits per heavy atom. The number of nitrogens with one attached hydrogen (secondary N) is 1. The molecule has 4 aromatic carbocycles. The Balaban J connectivity index is 1.83. The summed E-state index contributed by atoms with van der Waals surface area (Å²) in [5.74, 6) is -0.714. The second-order valence-electron chi connectivity index (χ2n) is 10.3. The van der Waals surface area contributed by atoms with Gasteiger partial charge in [-0.3, -0.25) is 13.9 Å². The molecule has 1 unspecified atom stereocenters. The number of aryl methyl sites for hydroxylation is 1. The first-order valence-corrected chi connectivity index (χ1v) is 16.5. The summed E-state index contributed by atoms with van der Waals surface area (Å²) in [5.41, 5.74) is 2.52. The number of carbonyl (C=O) groups excluding carboxylic acids is 2. The van der Waals surface area contributed by atoms with Gasteiger partial charge in [0.05, 0.1) is 27.2 Å². The molecule has 0 bridgehead atoms. The fourth-order valence-corrected chi connectivity index (χ4v) is 6.59. The highest BCUT2D eigenvalue weighted by molar-refractivity contribution is 7.92.